The van der Waals surface area contributed by atoms with Gasteiger partial charge in [-0.3, -0.25) is 4.79 Å². The maximum atomic E-state index is 12.9. The maximum Gasteiger partial charge on any atom is 0.349 e. The van der Waals surface area contributed by atoms with Crippen LogP contribution in [0, 0.1) is 27.6 Å². The van der Waals surface area contributed by atoms with Crippen molar-refractivity contribution < 1.29 is 28.5 Å². The van der Waals surface area contributed by atoms with Crippen LogP contribution in [0.3, 0.4) is 0 Å². The number of allylic oxidation sites excluding steroid dienone is 2. The van der Waals surface area contributed by atoms with Crippen molar-refractivity contribution in [3.63, 3.8) is 0 Å². The van der Waals surface area contributed by atoms with E-state index in [1.165, 1.54) is 6.08 Å². The van der Waals surface area contributed by atoms with Crippen LogP contribution >= 0.6 is 0 Å². The molecule has 0 heterocycles. The lowest BCUT2D eigenvalue weighted by Gasteiger charge is -2.43. The Balaban J connectivity index is 2.75. The van der Waals surface area contributed by atoms with Gasteiger partial charge in [-0.2, -0.15) is 5.26 Å². The number of carbonyl (C=O) groups is 2. The molecule has 0 aliphatic rings. The summed E-state index contributed by atoms with van der Waals surface area (Å²) in [4.78, 5) is 25.2. The van der Waals surface area contributed by atoms with Gasteiger partial charge in [0.05, 0.1) is 19.6 Å². The lowest BCUT2D eigenvalue weighted by Crippen LogP contribution is -2.44. The van der Waals surface area contributed by atoms with E-state index in [1.807, 2.05) is 33.8 Å². The monoisotopic (exact) mass is 485 g/mol. The zero-order valence-electron chi connectivity index (χ0n) is 22.5. The molecule has 0 N–H and O–H groups in total. The molecular formula is C28H39NO6. The molecule has 1 atom stereocenters. The van der Waals surface area contributed by atoms with E-state index >= 15 is 0 Å². The Morgan fingerprint density at radius 1 is 0.971 bits per heavy atom. The summed E-state index contributed by atoms with van der Waals surface area (Å²) < 4.78 is 21.1. The molecule has 0 saturated heterocycles. The van der Waals surface area contributed by atoms with Crippen molar-refractivity contribution in [1.29, 1.82) is 5.26 Å². The van der Waals surface area contributed by atoms with Gasteiger partial charge >= 0.3 is 11.9 Å². The Morgan fingerprint density at radius 2 is 1.60 bits per heavy atom. The van der Waals surface area contributed by atoms with Gasteiger partial charge in [-0.1, -0.05) is 53.7 Å². The molecule has 0 saturated carbocycles. The Labute approximate surface area is 209 Å². The van der Waals surface area contributed by atoms with Gasteiger partial charge in [-0.15, -0.1) is 0 Å². The van der Waals surface area contributed by atoms with Crippen LogP contribution in [0.4, 0.5) is 0 Å². The summed E-state index contributed by atoms with van der Waals surface area (Å²) in [6, 6.07) is 7.14. The number of hydrogen-bond donors (Lipinski definition) is 0. The summed E-state index contributed by atoms with van der Waals surface area (Å²) in [6.45, 7) is 14.0. The molecule has 0 amide bonds. The third kappa shape index (κ3) is 8.79. The van der Waals surface area contributed by atoms with Crippen molar-refractivity contribution in [2.75, 3.05) is 27.4 Å². The Morgan fingerprint density at radius 3 is 2.11 bits per heavy atom. The molecule has 7 heteroatoms. The Kier molecular flexibility index (Phi) is 10.6. The van der Waals surface area contributed by atoms with E-state index in [0.29, 0.717) is 17.9 Å². The fourth-order valence-corrected chi connectivity index (χ4v) is 3.57. The van der Waals surface area contributed by atoms with Gasteiger partial charge in [0, 0.05) is 11.6 Å². The maximum absolute atomic E-state index is 12.9. The summed E-state index contributed by atoms with van der Waals surface area (Å²) in [5, 5.41) is 9.33. The number of esters is 2. The van der Waals surface area contributed by atoms with Gasteiger partial charge in [0.2, 0.25) is 0 Å². The van der Waals surface area contributed by atoms with Crippen molar-refractivity contribution in [3.8, 4) is 17.6 Å². The number of ether oxygens (including phenoxy) is 4. The van der Waals surface area contributed by atoms with E-state index in [1.54, 1.807) is 44.6 Å². The topological polar surface area (TPSA) is 94.9 Å². The molecule has 0 aliphatic carbocycles. The van der Waals surface area contributed by atoms with Crippen LogP contribution in [0.2, 0.25) is 0 Å². The fraction of sp³-hybridized carbons (Fsp3) is 0.536. The first-order valence-electron chi connectivity index (χ1n) is 11.5. The molecule has 0 spiro atoms. The zero-order chi connectivity index (χ0) is 26.9. The number of nitriles is 1. The normalized spacial score (nSPS) is 14.1. The fourth-order valence-electron chi connectivity index (χ4n) is 3.57. The Hall–Kier alpha value is -3.27. The second kappa shape index (κ2) is 12.4. The summed E-state index contributed by atoms with van der Waals surface area (Å²) >= 11 is 0. The second-order valence-electron chi connectivity index (χ2n) is 10.8. The van der Waals surface area contributed by atoms with Crippen LogP contribution in [0.1, 0.15) is 60.5 Å². The lowest BCUT2D eigenvalue weighted by atomic mass is 9.61. The third-order valence-electron chi connectivity index (χ3n) is 5.86. The van der Waals surface area contributed by atoms with Gasteiger partial charge in [-0.05, 0) is 42.4 Å². The molecule has 1 unspecified atom stereocenters. The number of methoxy groups -OCH3 is 2. The highest BCUT2D eigenvalue weighted by atomic mass is 16.6. The number of rotatable bonds is 10. The number of benzene rings is 1. The highest BCUT2D eigenvalue weighted by molar-refractivity contribution is 5.93. The van der Waals surface area contributed by atoms with Gasteiger partial charge < -0.3 is 18.9 Å². The first kappa shape index (κ1) is 29.8. The van der Waals surface area contributed by atoms with Crippen molar-refractivity contribution in [2.24, 2.45) is 16.2 Å². The second-order valence-corrected chi connectivity index (χ2v) is 10.8. The lowest BCUT2D eigenvalue weighted by molar-refractivity contribution is -0.167. The van der Waals surface area contributed by atoms with Gasteiger partial charge in [-0.25, -0.2) is 4.79 Å². The smallest absolute Gasteiger partial charge is 0.349 e. The molecule has 7 nitrogen and oxygen atoms in total. The van der Waals surface area contributed by atoms with Crippen molar-refractivity contribution in [1.82, 2.24) is 0 Å². The summed E-state index contributed by atoms with van der Waals surface area (Å²) in [5.74, 6) is 0.120. The minimum atomic E-state index is -0.789. The molecule has 192 valence electrons. The van der Waals surface area contributed by atoms with Crippen LogP contribution in [0.15, 0.2) is 35.9 Å². The Bertz CT molecular complexity index is 988. The molecule has 0 radical (unpaired) electrons. The van der Waals surface area contributed by atoms with Crippen LogP contribution in [0.25, 0.3) is 6.08 Å². The van der Waals surface area contributed by atoms with Crippen molar-refractivity contribution in [2.45, 2.75) is 54.9 Å². The molecule has 0 fully saturated rings. The molecule has 0 aliphatic heterocycles. The molecule has 0 bridgehead atoms. The summed E-state index contributed by atoms with van der Waals surface area (Å²) in [5.41, 5.74) is -0.514. The summed E-state index contributed by atoms with van der Waals surface area (Å²) in [6.07, 6.45) is 5.27. The van der Waals surface area contributed by atoms with Crippen LogP contribution in [0.5, 0.6) is 11.5 Å². The average Bonchev–Trinajstić information content (AvgIpc) is 2.77. The van der Waals surface area contributed by atoms with E-state index in [0.717, 1.165) is 5.56 Å². The number of nitrogens with zero attached hydrogens (tertiary/aromatic N) is 1. The predicted molar refractivity (Wildman–Crippen MR) is 136 cm³/mol. The minimum Gasteiger partial charge on any atom is -0.497 e. The van der Waals surface area contributed by atoms with Crippen LogP contribution < -0.4 is 9.47 Å². The van der Waals surface area contributed by atoms with Gasteiger partial charge in [0.1, 0.15) is 36.4 Å². The SMILES string of the molecule is COc1ccc(/C=C/C=C(\C#N)C(=O)OCCOC(=O)C(C)(CC(C)(C)C)C(C)(C)C)c(OC)c1. The minimum absolute atomic E-state index is 0.0661. The van der Waals surface area contributed by atoms with E-state index in [2.05, 4.69) is 20.8 Å². The predicted octanol–water partition coefficient (Wildman–Crippen LogP) is 5.74. The molecular weight excluding hydrogens is 446 g/mol. The van der Waals surface area contributed by atoms with E-state index < -0.39 is 11.4 Å². The van der Waals surface area contributed by atoms with Crippen molar-refractivity contribution >= 4 is 18.0 Å². The largest absolute Gasteiger partial charge is 0.497 e. The first-order chi connectivity index (χ1) is 16.2. The third-order valence-corrected chi connectivity index (χ3v) is 5.86. The standard InChI is InChI=1S/C28H39NO6/c1-26(2,3)19-28(7,27(4,5)6)25(31)35-16-15-34-24(30)21(18-29)12-10-11-20-13-14-22(32-8)17-23(20)33-9/h10-14,17H,15-16,19H2,1-9H3/b11-10+,21-12+. The van der Waals surface area contributed by atoms with E-state index in [-0.39, 0.29) is 35.6 Å². The quantitative estimate of drug-likeness (QED) is 0.137. The van der Waals surface area contributed by atoms with Crippen LogP contribution in [-0.4, -0.2) is 39.4 Å². The van der Waals surface area contributed by atoms with E-state index in [4.69, 9.17) is 18.9 Å². The highest BCUT2D eigenvalue weighted by Crippen LogP contribution is 2.47. The summed E-state index contributed by atoms with van der Waals surface area (Å²) in [7, 11) is 3.11. The van der Waals surface area contributed by atoms with Gasteiger partial charge in [0.25, 0.3) is 0 Å². The molecule has 1 aromatic rings. The van der Waals surface area contributed by atoms with Crippen molar-refractivity contribution in [3.05, 3.63) is 41.5 Å². The molecule has 1 rings (SSSR count). The average molecular weight is 486 g/mol. The van der Waals surface area contributed by atoms with Gasteiger partial charge in [0.15, 0.2) is 0 Å². The highest BCUT2D eigenvalue weighted by Gasteiger charge is 2.47. The molecule has 0 aromatic heterocycles. The molecule has 35 heavy (non-hydrogen) atoms. The van der Waals surface area contributed by atoms with Crippen LogP contribution in [-0.2, 0) is 19.1 Å². The number of carbonyl (C=O) groups excluding carboxylic acids is 2. The first-order valence-corrected chi connectivity index (χ1v) is 11.5. The molecule has 1 aromatic carbocycles. The zero-order valence-corrected chi connectivity index (χ0v) is 22.5. The van der Waals surface area contributed by atoms with E-state index in [9.17, 15) is 14.9 Å². The number of hydrogen-bond acceptors (Lipinski definition) is 7.